The van der Waals surface area contributed by atoms with E-state index in [0.717, 1.165) is 74.6 Å². The number of thiazole rings is 1. The fourth-order valence-electron chi connectivity index (χ4n) is 5.55. The SMILES string of the molecule is CN1CCOC2(CCN(Cc3cc(F)cc(CCNCC(O)c4ccc(O)c5[nH]c(=O)sc45)c3)CC2)C1. The number of ether oxygens (including phenoxy) is 1. The number of aromatic hydroxyl groups is 1. The highest BCUT2D eigenvalue weighted by molar-refractivity contribution is 7.16. The zero-order valence-electron chi connectivity index (χ0n) is 21.1. The van der Waals surface area contributed by atoms with E-state index in [1.165, 1.54) is 6.07 Å². The summed E-state index contributed by atoms with van der Waals surface area (Å²) in [6.45, 7) is 6.22. The first-order chi connectivity index (χ1) is 17.8. The molecule has 4 N–H and O–H groups in total. The van der Waals surface area contributed by atoms with Gasteiger partial charge in [-0.2, -0.15) is 0 Å². The summed E-state index contributed by atoms with van der Waals surface area (Å²) >= 11 is 0.967. The summed E-state index contributed by atoms with van der Waals surface area (Å²) < 4.78 is 21.1. The number of nitrogens with one attached hydrogen (secondary N) is 2. The van der Waals surface area contributed by atoms with Gasteiger partial charge in [0.1, 0.15) is 17.1 Å². The summed E-state index contributed by atoms with van der Waals surface area (Å²) in [5.74, 6) is -0.245. The minimum Gasteiger partial charge on any atom is -0.506 e. The second-order valence-corrected chi connectivity index (χ2v) is 11.4. The highest BCUT2D eigenvalue weighted by Crippen LogP contribution is 2.32. The lowest BCUT2D eigenvalue weighted by molar-refractivity contribution is -0.131. The number of phenols is 1. The molecule has 0 bridgehead atoms. The van der Waals surface area contributed by atoms with Gasteiger partial charge in [-0.3, -0.25) is 9.69 Å². The third kappa shape index (κ3) is 6.22. The lowest BCUT2D eigenvalue weighted by atomic mass is 9.89. The normalized spacial score (nSPS) is 19.5. The van der Waals surface area contributed by atoms with Gasteiger partial charge < -0.3 is 30.2 Å². The number of aromatic nitrogens is 1. The number of fused-ring (bicyclic) bond motifs is 1. The first kappa shape index (κ1) is 26.3. The first-order valence-electron chi connectivity index (χ1n) is 12.9. The van der Waals surface area contributed by atoms with Crippen LogP contribution in [0.3, 0.4) is 0 Å². The second-order valence-electron chi connectivity index (χ2n) is 10.4. The fourth-order valence-corrected chi connectivity index (χ4v) is 6.47. The van der Waals surface area contributed by atoms with Gasteiger partial charge in [-0.25, -0.2) is 4.39 Å². The van der Waals surface area contributed by atoms with Gasteiger partial charge in [0.05, 0.1) is 23.0 Å². The van der Waals surface area contributed by atoms with E-state index in [4.69, 9.17) is 4.74 Å². The summed E-state index contributed by atoms with van der Waals surface area (Å²) in [5, 5.41) is 23.8. The van der Waals surface area contributed by atoms with Crippen molar-refractivity contribution in [2.75, 3.05) is 52.9 Å². The highest BCUT2D eigenvalue weighted by Gasteiger charge is 2.38. The Bertz CT molecular complexity index is 1290. The Labute approximate surface area is 219 Å². The van der Waals surface area contributed by atoms with Gasteiger partial charge in [0.15, 0.2) is 0 Å². The third-order valence-electron chi connectivity index (χ3n) is 7.51. The minimum absolute atomic E-state index is 0.0156. The van der Waals surface area contributed by atoms with Crippen molar-refractivity contribution in [3.05, 3.63) is 62.5 Å². The number of nitrogens with zero attached hydrogens (tertiary/aromatic N) is 2. The van der Waals surface area contributed by atoms with E-state index in [0.29, 0.717) is 28.7 Å². The number of benzene rings is 2. The van der Waals surface area contributed by atoms with Crippen molar-refractivity contribution in [2.24, 2.45) is 0 Å². The molecule has 2 aromatic carbocycles. The molecule has 1 spiro atoms. The number of likely N-dealkylation sites (N-methyl/N-ethyl adjacent to an activating group) is 1. The minimum atomic E-state index is -0.840. The third-order valence-corrected chi connectivity index (χ3v) is 8.44. The summed E-state index contributed by atoms with van der Waals surface area (Å²) in [7, 11) is 2.15. The van der Waals surface area contributed by atoms with Crippen LogP contribution in [0, 0.1) is 5.82 Å². The number of morpholine rings is 1. The summed E-state index contributed by atoms with van der Waals surface area (Å²) in [4.78, 5) is 18.8. The molecule has 3 heterocycles. The molecule has 2 aliphatic rings. The van der Waals surface area contributed by atoms with Crippen LogP contribution >= 0.6 is 11.3 Å². The molecule has 2 fully saturated rings. The van der Waals surface area contributed by atoms with Crippen LogP contribution < -0.4 is 10.2 Å². The fraction of sp³-hybridized carbons (Fsp3) is 0.519. The molecule has 3 aromatic rings. The predicted molar refractivity (Wildman–Crippen MR) is 143 cm³/mol. The monoisotopic (exact) mass is 530 g/mol. The van der Waals surface area contributed by atoms with Gasteiger partial charge in [-0.05, 0) is 62.2 Å². The molecule has 1 unspecified atom stereocenters. The first-order valence-corrected chi connectivity index (χ1v) is 13.7. The summed E-state index contributed by atoms with van der Waals surface area (Å²) in [6, 6.07) is 8.36. The molecule has 10 heteroatoms. The van der Waals surface area contributed by atoms with E-state index in [9.17, 15) is 19.4 Å². The average molecular weight is 531 g/mol. The maximum Gasteiger partial charge on any atom is 0.305 e. The number of likely N-dealkylation sites (tertiary alicyclic amines) is 1. The Morgan fingerprint density at radius 3 is 2.78 bits per heavy atom. The molecule has 37 heavy (non-hydrogen) atoms. The Balaban J connectivity index is 1.12. The Kier molecular flexibility index (Phi) is 7.94. The van der Waals surface area contributed by atoms with Crippen molar-refractivity contribution in [2.45, 2.75) is 37.5 Å². The van der Waals surface area contributed by atoms with Crippen LogP contribution in [0.4, 0.5) is 4.39 Å². The summed E-state index contributed by atoms with van der Waals surface area (Å²) in [5.41, 5.74) is 2.80. The average Bonchev–Trinajstić information content (AvgIpc) is 3.25. The molecule has 200 valence electrons. The molecule has 0 amide bonds. The number of aliphatic hydroxyl groups excluding tert-OH is 1. The van der Waals surface area contributed by atoms with Gasteiger partial charge >= 0.3 is 4.87 Å². The zero-order chi connectivity index (χ0) is 26.0. The van der Waals surface area contributed by atoms with Crippen LogP contribution in [-0.2, 0) is 17.7 Å². The molecular formula is C27H35FN4O4S. The maximum atomic E-state index is 14.4. The lowest BCUT2D eigenvalue weighted by Gasteiger charge is -2.46. The molecule has 8 nitrogen and oxygen atoms in total. The number of aliphatic hydroxyl groups is 1. The molecule has 0 aliphatic carbocycles. The second kappa shape index (κ2) is 11.2. The molecule has 0 saturated carbocycles. The Morgan fingerprint density at radius 1 is 1.22 bits per heavy atom. The molecule has 1 atom stereocenters. The van der Waals surface area contributed by atoms with Crippen LogP contribution in [0.2, 0.25) is 0 Å². The van der Waals surface area contributed by atoms with Gasteiger partial charge in [0.25, 0.3) is 0 Å². The molecular weight excluding hydrogens is 495 g/mol. The number of aromatic amines is 1. The van der Waals surface area contributed by atoms with E-state index in [-0.39, 0.29) is 28.6 Å². The number of H-pyrrole nitrogens is 1. The number of hydrogen-bond donors (Lipinski definition) is 4. The van der Waals surface area contributed by atoms with Crippen molar-refractivity contribution in [3.8, 4) is 5.75 Å². The van der Waals surface area contributed by atoms with Crippen molar-refractivity contribution in [3.63, 3.8) is 0 Å². The number of piperidine rings is 1. The van der Waals surface area contributed by atoms with Crippen molar-refractivity contribution in [1.82, 2.24) is 20.1 Å². The van der Waals surface area contributed by atoms with Crippen molar-refractivity contribution >= 4 is 21.6 Å². The van der Waals surface area contributed by atoms with E-state index in [2.05, 4.69) is 33.2 Å². The van der Waals surface area contributed by atoms with E-state index >= 15 is 0 Å². The largest absolute Gasteiger partial charge is 0.506 e. The van der Waals surface area contributed by atoms with Crippen LogP contribution in [0.1, 0.15) is 35.6 Å². The maximum absolute atomic E-state index is 14.4. The van der Waals surface area contributed by atoms with Crippen molar-refractivity contribution in [1.29, 1.82) is 0 Å². The number of halogens is 1. The van der Waals surface area contributed by atoms with E-state index in [1.807, 2.05) is 0 Å². The Morgan fingerprint density at radius 2 is 2.00 bits per heavy atom. The van der Waals surface area contributed by atoms with Crippen LogP contribution in [0.15, 0.2) is 35.1 Å². The topological polar surface area (TPSA) is 101 Å². The quantitative estimate of drug-likeness (QED) is 0.332. The lowest BCUT2D eigenvalue weighted by Crippen LogP contribution is -2.55. The molecule has 1 aromatic heterocycles. The molecule has 2 saturated heterocycles. The van der Waals surface area contributed by atoms with Crippen LogP contribution in [0.25, 0.3) is 10.2 Å². The van der Waals surface area contributed by atoms with Gasteiger partial charge in [0.2, 0.25) is 0 Å². The Hall–Kier alpha value is -2.34. The highest BCUT2D eigenvalue weighted by atomic mass is 32.1. The predicted octanol–water partition coefficient (Wildman–Crippen LogP) is 2.60. The van der Waals surface area contributed by atoms with Gasteiger partial charge in [-0.15, -0.1) is 0 Å². The van der Waals surface area contributed by atoms with Crippen LogP contribution in [-0.4, -0.2) is 83.5 Å². The van der Waals surface area contributed by atoms with Crippen LogP contribution in [0.5, 0.6) is 5.75 Å². The smallest absolute Gasteiger partial charge is 0.305 e. The van der Waals surface area contributed by atoms with Gasteiger partial charge in [-0.1, -0.05) is 23.5 Å². The molecule has 5 rings (SSSR count). The van der Waals surface area contributed by atoms with E-state index < -0.39 is 6.10 Å². The zero-order valence-corrected chi connectivity index (χ0v) is 22.0. The van der Waals surface area contributed by atoms with E-state index in [1.54, 1.807) is 18.2 Å². The standard InChI is InChI=1S/C27H35FN4O4S/c1-31-10-11-36-27(17-31)5-8-32(9-6-27)16-19-12-18(13-20(28)14-19)4-7-29-15-23(34)21-2-3-22(33)24-25(21)37-26(35)30-24/h2-3,12-14,23,29,33-34H,4-11,15-17H2,1H3,(H,30,35). The molecule has 0 radical (unpaired) electrons. The van der Waals surface area contributed by atoms with Crippen molar-refractivity contribution < 1.29 is 19.3 Å². The van der Waals surface area contributed by atoms with Gasteiger partial charge in [0, 0.05) is 44.8 Å². The number of rotatable bonds is 8. The number of phenolic OH excluding ortho intramolecular Hbond substituents is 1. The summed E-state index contributed by atoms with van der Waals surface area (Å²) in [6.07, 6.45) is 1.79. The number of hydrogen-bond acceptors (Lipinski definition) is 8. The molecule has 2 aliphatic heterocycles.